The Hall–Kier alpha value is -2.24. The zero-order valence-electron chi connectivity index (χ0n) is 16.6. The number of benzene rings is 3. The summed E-state index contributed by atoms with van der Waals surface area (Å²) in [6, 6.07) is 21.8. The molecule has 4 nitrogen and oxygen atoms in total. The minimum Gasteiger partial charge on any atom is -0.378 e. The molecule has 1 N–H and O–H groups in total. The quantitative estimate of drug-likeness (QED) is 0.521. The summed E-state index contributed by atoms with van der Waals surface area (Å²) in [4.78, 5) is 16.9. The Labute approximate surface area is 196 Å². The molecule has 0 aromatic heterocycles. The van der Waals surface area contributed by atoms with Crippen LogP contribution in [0, 0.1) is 0 Å². The van der Waals surface area contributed by atoms with Gasteiger partial charge < -0.3 is 14.9 Å². The van der Waals surface area contributed by atoms with Gasteiger partial charge in [0, 0.05) is 29.7 Å². The third kappa shape index (κ3) is 4.83. The van der Waals surface area contributed by atoms with Crippen molar-refractivity contribution in [3.63, 3.8) is 0 Å². The first kappa shape index (κ1) is 22.0. The van der Waals surface area contributed by atoms with Crippen LogP contribution in [0.2, 0.25) is 15.1 Å². The number of hydrogen-bond donors (Lipinski definition) is 1. The number of rotatable bonds is 4. The molecule has 0 bridgehead atoms. The second kappa shape index (κ2) is 9.49. The summed E-state index contributed by atoms with van der Waals surface area (Å²) in [6.45, 7) is 1.43. The van der Waals surface area contributed by atoms with Crippen LogP contribution >= 0.6 is 34.8 Å². The van der Waals surface area contributed by atoms with E-state index in [1.54, 1.807) is 29.2 Å². The van der Waals surface area contributed by atoms with Crippen molar-refractivity contribution < 1.29 is 9.90 Å². The number of nitrogens with zero attached hydrogens (tertiary/aromatic N) is 2. The molecule has 160 valence electrons. The van der Waals surface area contributed by atoms with E-state index in [1.807, 2.05) is 48.5 Å². The van der Waals surface area contributed by atoms with E-state index in [1.165, 1.54) is 0 Å². The van der Waals surface area contributed by atoms with Gasteiger partial charge in [0.05, 0.1) is 16.8 Å². The second-order valence-electron chi connectivity index (χ2n) is 7.45. The highest BCUT2D eigenvalue weighted by Gasteiger charge is 2.34. The summed E-state index contributed by atoms with van der Waals surface area (Å²) in [6.07, 6.45) is -1.20. The van der Waals surface area contributed by atoms with Gasteiger partial charge in [0.25, 0.3) is 5.91 Å². The molecule has 1 aliphatic heterocycles. The Balaban J connectivity index is 1.64. The summed E-state index contributed by atoms with van der Waals surface area (Å²) in [5.74, 6) is -0.313. The van der Waals surface area contributed by atoms with E-state index in [4.69, 9.17) is 34.8 Å². The van der Waals surface area contributed by atoms with Gasteiger partial charge in [-0.2, -0.15) is 0 Å². The maximum absolute atomic E-state index is 13.1. The highest BCUT2D eigenvalue weighted by molar-refractivity contribution is 6.36. The molecule has 1 heterocycles. The Morgan fingerprint density at radius 3 is 2.26 bits per heavy atom. The summed E-state index contributed by atoms with van der Waals surface area (Å²) < 4.78 is 0. The predicted molar refractivity (Wildman–Crippen MR) is 126 cm³/mol. The molecule has 1 aliphatic rings. The number of amides is 1. The van der Waals surface area contributed by atoms with Gasteiger partial charge in [0.1, 0.15) is 0 Å². The van der Waals surface area contributed by atoms with Crippen LogP contribution in [0.15, 0.2) is 72.8 Å². The average Bonchev–Trinajstić information content (AvgIpc) is 2.79. The summed E-state index contributed by atoms with van der Waals surface area (Å²) in [5, 5.41) is 12.4. The maximum Gasteiger partial charge on any atom is 0.256 e. The van der Waals surface area contributed by atoms with E-state index in [0.29, 0.717) is 40.3 Å². The highest BCUT2D eigenvalue weighted by atomic mass is 35.5. The number of hydrogen-bond acceptors (Lipinski definition) is 3. The lowest BCUT2D eigenvalue weighted by Gasteiger charge is -2.44. The molecule has 2 atom stereocenters. The van der Waals surface area contributed by atoms with Crippen LogP contribution in [0.5, 0.6) is 0 Å². The molecule has 31 heavy (non-hydrogen) atoms. The summed E-state index contributed by atoms with van der Waals surface area (Å²) in [7, 11) is 0. The number of aliphatic hydroxyl groups is 1. The van der Waals surface area contributed by atoms with Crippen LogP contribution in [-0.2, 0) is 4.79 Å². The minimum absolute atomic E-state index is 0.156. The number of piperazine rings is 1. The van der Waals surface area contributed by atoms with E-state index in [9.17, 15) is 9.90 Å². The van der Waals surface area contributed by atoms with Gasteiger partial charge in [-0.1, -0.05) is 77.3 Å². The summed E-state index contributed by atoms with van der Waals surface area (Å²) in [5.41, 5.74) is 2.43. The van der Waals surface area contributed by atoms with Crippen molar-refractivity contribution in [2.45, 2.75) is 12.1 Å². The van der Waals surface area contributed by atoms with Crippen molar-refractivity contribution in [2.24, 2.45) is 0 Å². The largest absolute Gasteiger partial charge is 0.378 e. The Morgan fingerprint density at radius 2 is 1.58 bits per heavy atom. The second-order valence-corrected chi connectivity index (χ2v) is 8.73. The number of carbonyl (C=O) groups is 1. The molecule has 3 aromatic carbocycles. The molecule has 0 spiro atoms. The molecule has 0 saturated carbocycles. The lowest BCUT2D eigenvalue weighted by molar-refractivity contribution is -0.141. The van der Waals surface area contributed by atoms with Crippen LogP contribution in [0.3, 0.4) is 0 Å². The first-order valence-corrected chi connectivity index (χ1v) is 11.1. The van der Waals surface area contributed by atoms with Crippen LogP contribution < -0.4 is 4.90 Å². The molecule has 3 aromatic rings. The van der Waals surface area contributed by atoms with Crippen molar-refractivity contribution in [2.75, 3.05) is 24.5 Å². The first-order chi connectivity index (χ1) is 14.9. The van der Waals surface area contributed by atoms with E-state index >= 15 is 0 Å². The standard InChI is InChI=1S/C24H21Cl3N2O2/c25-18-8-6-16(7-9-18)22-15-28(24(31)23(30)17-4-2-1-3-5-17)12-13-29(22)21-11-10-19(26)14-20(21)27/h1-11,14,22-23,30H,12-13,15H2. The summed E-state index contributed by atoms with van der Waals surface area (Å²) >= 11 is 18.7. The van der Waals surface area contributed by atoms with Gasteiger partial charge in [-0.15, -0.1) is 0 Å². The van der Waals surface area contributed by atoms with Crippen molar-refractivity contribution in [1.82, 2.24) is 4.90 Å². The lowest BCUT2D eigenvalue weighted by Crippen LogP contribution is -2.51. The van der Waals surface area contributed by atoms with Gasteiger partial charge in [-0.25, -0.2) is 0 Å². The monoisotopic (exact) mass is 474 g/mol. The van der Waals surface area contributed by atoms with Crippen molar-refractivity contribution in [1.29, 1.82) is 0 Å². The SMILES string of the molecule is O=C(C(O)c1ccccc1)N1CCN(c2ccc(Cl)cc2Cl)C(c2ccc(Cl)cc2)C1. The van der Waals surface area contributed by atoms with E-state index in [0.717, 1.165) is 11.3 Å². The molecule has 4 rings (SSSR count). The van der Waals surface area contributed by atoms with Crippen molar-refractivity contribution >= 4 is 46.4 Å². The van der Waals surface area contributed by atoms with Crippen LogP contribution in [0.4, 0.5) is 5.69 Å². The third-order valence-electron chi connectivity index (χ3n) is 5.52. The number of aliphatic hydroxyl groups excluding tert-OH is 1. The smallest absolute Gasteiger partial charge is 0.256 e. The molecular formula is C24H21Cl3N2O2. The topological polar surface area (TPSA) is 43.8 Å². The van der Waals surface area contributed by atoms with Crippen LogP contribution in [-0.4, -0.2) is 35.5 Å². The molecule has 1 amide bonds. The van der Waals surface area contributed by atoms with Gasteiger partial charge in [-0.3, -0.25) is 4.79 Å². The molecule has 7 heteroatoms. The zero-order chi connectivity index (χ0) is 22.0. The van der Waals surface area contributed by atoms with Crippen molar-refractivity contribution in [3.8, 4) is 0 Å². The molecule has 1 fully saturated rings. The third-order valence-corrected chi connectivity index (χ3v) is 6.31. The lowest BCUT2D eigenvalue weighted by atomic mass is 10.00. The number of halogens is 3. The van der Waals surface area contributed by atoms with Crippen LogP contribution in [0.25, 0.3) is 0 Å². The van der Waals surface area contributed by atoms with Gasteiger partial charge in [-0.05, 0) is 41.5 Å². The average molecular weight is 476 g/mol. The van der Waals surface area contributed by atoms with Gasteiger partial charge in [0.2, 0.25) is 0 Å². The fourth-order valence-corrected chi connectivity index (χ4v) is 4.55. The predicted octanol–water partition coefficient (Wildman–Crippen LogP) is 5.77. The Kier molecular flexibility index (Phi) is 6.73. The fraction of sp³-hybridized carbons (Fsp3) is 0.208. The zero-order valence-corrected chi connectivity index (χ0v) is 18.9. The molecular weight excluding hydrogens is 455 g/mol. The van der Waals surface area contributed by atoms with E-state index in [-0.39, 0.29) is 11.9 Å². The van der Waals surface area contributed by atoms with E-state index in [2.05, 4.69) is 4.90 Å². The Morgan fingerprint density at radius 1 is 0.903 bits per heavy atom. The Bertz CT molecular complexity index is 1060. The first-order valence-electron chi connectivity index (χ1n) is 9.93. The normalized spacial score (nSPS) is 17.5. The number of carbonyl (C=O) groups excluding carboxylic acids is 1. The maximum atomic E-state index is 13.1. The highest BCUT2D eigenvalue weighted by Crippen LogP contribution is 2.37. The van der Waals surface area contributed by atoms with Gasteiger partial charge in [0.15, 0.2) is 6.10 Å². The van der Waals surface area contributed by atoms with Crippen molar-refractivity contribution in [3.05, 3.63) is 99.0 Å². The van der Waals surface area contributed by atoms with E-state index < -0.39 is 6.10 Å². The number of anilines is 1. The molecule has 0 aliphatic carbocycles. The molecule has 0 radical (unpaired) electrons. The molecule has 2 unspecified atom stereocenters. The minimum atomic E-state index is -1.20. The molecule has 1 saturated heterocycles. The van der Waals surface area contributed by atoms with Gasteiger partial charge >= 0.3 is 0 Å². The van der Waals surface area contributed by atoms with Crippen LogP contribution in [0.1, 0.15) is 23.3 Å². The fourth-order valence-electron chi connectivity index (χ4n) is 3.91.